The summed E-state index contributed by atoms with van der Waals surface area (Å²) >= 11 is 23.9. The van der Waals surface area contributed by atoms with Gasteiger partial charge in [0.05, 0.1) is 15.1 Å². The monoisotopic (exact) mass is 432 g/mol. The van der Waals surface area contributed by atoms with E-state index in [2.05, 4.69) is 0 Å². The number of rotatable bonds is 3. The Hall–Kier alpha value is -1.20. The van der Waals surface area contributed by atoms with Gasteiger partial charge in [0, 0.05) is 31.6 Å². The number of Topliss-reactive ketones (excluding diaryl/α,β-unsaturated/α-hetero) is 1. The van der Waals surface area contributed by atoms with Gasteiger partial charge in [-0.05, 0) is 37.1 Å². The molecule has 0 bridgehead atoms. The SMILES string of the molecule is Cn1c(C(=O)N2CCC(C(=O)c3ccc(Cl)c(Cl)c3)CC2)cc(Cl)c1Cl. The van der Waals surface area contributed by atoms with Crippen molar-refractivity contribution < 1.29 is 9.59 Å². The Morgan fingerprint density at radius 1 is 0.962 bits per heavy atom. The van der Waals surface area contributed by atoms with Gasteiger partial charge in [0.2, 0.25) is 0 Å². The van der Waals surface area contributed by atoms with Gasteiger partial charge in [-0.3, -0.25) is 9.59 Å². The number of likely N-dealkylation sites (tertiary alicyclic amines) is 1. The number of piperidine rings is 1. The summed E-state index contributed by atoms with van der Waals surface area (Å²) in [5.41, 5.74) is 0.986. The highest BCUT2D eigenvalue weighted by molar-refractivity contribution is 6.42. The molecule has 0 unspecified atom stereocenters. The number of carbonyl (C=O) groups is 2. The first-order chi connectivity index (χ1) is 12.3. The van der Waals surface area contributed by atoms with E-state index in [1.165, 1.54) is 0 Å². The third kappa shape index (κ3) is 3.74. The fourth-order valence-electron chi connectivity index (χ4n) is 3.14. The van der Waals surface area contributed by atoms with Gasteiger partial charge in [-0.1, -0.05) is 46.4 Å². The summed E-state index contributed by atoms with van der Waals surface area (Å²) < 4.78 is 1.57. The van der Waals surface area contributed by atoms with Gasteiger partial charge in [-0.15, -0.1) is 0 Å². The fourth-order valence-corrected chi connectivity index (χ4v) is 3.81. The predicted molar refractivity (Wildman–Crippen MR) is 105 cm³/mol. The van der Waals surface area contributed by atoms with Crippen LogP contribution >= 0.6 is 46.4 Å². The normalized spacial score (nSPS) is 15.3. The van der Waals surface area contributed by atoms with Crippen molar-refractivity contribution in [1.82, 2.24) is 9.47 Å². The second kappa shape index (κ2) is 7.81. The Morgan fingerprint density at radius 3 is 2.15 bits per heavy atom. The van der Waals surface area contributed by atoms with Crippen LogP contribution in [0.3, 0.4) is 0 Å². The third-order valence-corrected chi connectivity index (χ3v) is 6.27. The summed E-state index contributed by atoms with van der Waals surface area (Å²) in [7, 11) is 1.70. The lowest BCUT2D eigenvalue weighted by molar-refractivity contribution is 0.0642. The highest BCUT2D eigenvalue weighted by atomic mass is 35.5. The minimum atomic E-state index is -0.142. The average molecular weight is 434 g/mol. The van der Waals surface area contributed by atoms with E-state index in [0.717, 1.165) is 0 Å². The van der Waals surface area contributed by atoms with Crippen LogP contribution in [0.2, 0.25) is 20.2 Å². The van der Waals surface area contributed by atoms with E-state index < -0.39 is 0 Å². The summed E-state index contributed by atoms with van der Waals surface area (Å²) in [6.07, 6.45) is 1.19. The van der Waals surface area contributed by atoms with Crippen molar-refractivity contribution in [2.75, 3.05) is 13.1 Å². The lowest BCUT2D eigenvalue weighted by Gasteiger charge is -2.31. The van der Waals surface area contributed by atoms with E-state index in [4.69, 9.17) is 46.4 Å². The molecule has 1 aromatic carbocycles. The molecule has 1 amide bonds. The van der Waals surface area contributed by atoms with Crippen LogP contribution in [0, 0.1) is 5.92 Å². The number of hydrogen-bond donors (Lipinski definition) is 0. The molecular weight excluding hydrogens is 418 g/mol. The van der Waals surface area contributed by atoms with Crippen molar-refractivity contribution in [3.63, 3.8) is 0 Å². The zero-order valence-corrected chi connectivity index (χ0v) is 17.0. The minimum Gasteiger partial charge on any atom is -0.337 e. The Labute approximate surface area is 171 Å². The quantitative estimate of drug-likeness (QED) is 0.610. The van der Waals surface area contributed by atoms with E-state index in [-0.39, 0.29) is 17.6 Å². The second-order valence-electron chi connectivity index (χ2n) is 6.29. The molecule has 1 fully saturated rings. The molecule has 0 saturated carbocycles. The summed E-state index contributed by atoms with van der Waals surface area (Å²) in [5, 5.41) is 1.47. The fraction of sp³-hybridized carbons (Fsp3) is 0.333. The van der Waals surface area contributed by atoms with E-state index in [1.54, 1.807) is 40.8 Å². The van der Waals surface area contributed by atoms with Crippen LogP contribution in [0.25, 0.3) is 0 Å². The van der Waals surface area contributed by atoms with Gasteiger partial charge in [0.1, 0.15) is 10.8 Å². The molecule has 1 aliphatic heterocycles. The van der Waals surface area contributed by atoms with Crippen LogP contribution in [0.1, 0.15) is 33.7 Å². The lowest BCUT2D eigenvalue weighted by Crippen LogP contribution is -2.40. The van der Waals surface area contributed by atoms with Gasteiger partial charge in [0.25, 0.3) is 5.91 Å². The molecule has 2 heterocycles. The van der Waals surface area contributed by atoms with Gasteiger partial charge in [0.15, 0.2) is 5.78 Å². The molecule has 0 aliphatic carbocycles. The molecule has 1 aromatic heterocycles. The number of halogens is 4. The van der Waals surface area contributed by atoms with Crippen molar-refractivity contribution >= 4 is 58.1 Å². The Bertz CT molecular complexity index is 870. The van der Waals surface area contributed by atoms with E-state index in [0.29, 0.717) is 57.4 Å². The number of ketones is 1. The first kappa shape index (κ1) is 19.6. The van der Waals surface area contributed by atoms with Crippen molar-refractivity contribution in [2.45, 2.75) is 12.8 Å². The van der Waals surface area contributed by atoms with Crippen LogP contribution in [-0.4, -0.2) is 34.2 Å². The standard InChI is InChI=1S/C18H16Cl4N2O2/c1-23-15(9-14(21)17(23)22)18(26)24-6-4-10(5-7-24)16(25)11-2-3-12(19)13(20)8-11/h2-3,8-10H,4-7H2,1H3. The summed E-state index contributed by atoms with van der Waals surface area (Å²) in [5.74, 6) is -0.251. The molecule has 3 rings (SSSR count). The Kier molecular flexibility index (Phi) is 5.88. The van der Waals surface area contributed by atoms with Crippen LogP contribution in [0.4, 0.5) is 0 Å². The highest BCUT2D eigenvalue weighted by Crippen LogP contribution is 2.29. The van der Waals surface area contributed by atoms with Gasteiger partial charge >= 0.3 is 0 Å². The largest absolute Gasteiger partial charge is 0.337 e. The number of amides is 1. The van der Waals surface area contributed by atoms with Crippen LogP contribution in [0.5, 0.6) is 0 Å². The highest BCUT2D eigenvalue weighted by Gasteiger charge is 2.30. The average Bonchev–Trinajstić information content (AvgIpc) is 2.90. The molecule has 0 N–H and O–H groups in total. The van der Waals surface area contributed by atoms with Gasteiger partial charge in [-0.2, -0.15) is 0 Å². The zero-order valence-electron chi connectivity index (χ0n) is 13.9. The molecular formula is C18H16Cl4N2O2. The minimum absolute atomic E-state index is 0.0284. The Morgan fingerprint density at radius 2 is 1.62 bits per heavy atom. The van der Waals surface area contributed by atoms with Crippen LogP contribution in [-0.2, 0) is 7.05 Å². The molecule has 138 valence electrons. The van der Waals surface area contributed by atoms with Crippen molar-refractivity contribution in [3.05, 3.63) is 55.7 Å². The van der Waals surface area contributed by atoms with Crippen LogP contribution in [0.15, 0.2) is 24.3 Å². The first-order valence-corrected chi connectivity index (χ1v) is 9.60. The molecule has 0 spiro atoms. The molecule has 8 heteroatoms. The molecule has 4 nitrogen and oxygen atoms in total. The first-order valence-electron chi connectivity index (χ1n) is 8.09. The van der Waals surface area contributed by atoms with E-state index >= 15 is 0 Å². The molecule has 1 saturated heterocycles. The van der Waals surface area contributed by atoms with Crippen molar-refractivity contribution in [2.24, 2.45) is 13.0 Å². The molecule has 1 aliphatic rings. The predicted octanol–water partition coefficient (Wildman–Crippen LogP) is 5.37. The summed E-state index contributed by atoms with van der Waals surface area (Å²) in [6, 6.07) is 6.47. The van der Waals surface area contributed by atoms with Crippen molar-refractivity contribution in [3.8, 4) is 0 Å². The smallest absolute Gasteiger partial charge is 0.270 e. The van der Waals surface area contributed by atoms with Gasteiger partial charge in [-0.25, -0.2) is 0 Å². The summed E-state index contributed by atoms with van der Waals surface area (Å²) in [6.45, 7) is 0.994. The molecule has 26 heavy (non-hydrogen) atoms. The van der Waals surface area contributed by atoms with Gasteiger partial charge < -0.3 is 9.47 Å². The third-order valence-electron chi connectivity index (χ3n) is 4.69. The maximum absolute atomic E-state index is 12.7. The maximum atomic E-state index is 12.7. The number of aromatic nitrogens is 1. The maximum Gasteiger partial charge on any atom is 0.270 e. The van der Waals surface area contributed by atoms with Crippen molar-refractivity contribution in [1.29, 1.82) is 0 Å². The number of nitrogens with zero attached hydrogens (tertiary/aromatic N) is 2. The zero-order chi connectivity index (χ0) is 19.0. The Balaban J connectivity index is 1.66. The van der Waals surface area contributed by atoms with Crippen LogP contribution < -0.4 is 0 Å². The topological polar surface area (TPSA) is 42.3 Å². The van der Waals surface area contributed by atoms with E-state index in [9.17, 15) is 9.59 Å². The molecule has 2 aromatic rings. The number of carbonyl (C=O) groups excluding carboxylic acids is 2. The van der Waals surface area contributed by atoms with E-state index in [1.807, 2.05) is 0 Å². The lowest BCUT2D eigenvalue weighted by atomic mass is 9.89. The number of benzene rings is 1. The second-order valence-corrected chi connectivity index (χ2v) is 7.87. The number of hydrogen-bond acceptors (Lipinski definition) is 2. The molecule has 0 radical (unpaired) electrons. The summed E-state index contributed by atoms with van der Waals surface area (Å²) in [4.78, 5) is 27.1. The molecule has 0 atom stereocenters.